The van der Waals surface area contributed by atoms with E-state index in [0.717, 1.165) is 47.5 Å². The Morgan fingerprint density at radius 1 is 1.32 bits per heavy atom. The summed E-state index contributed by atoms with van der Waals surface area (Å²) in [4.78, 5) is 16.2. The summed E-state index contributed by atoms with van der Waals surface area (Å²) in [7, 11) is 3.64. The average molecular weight is 369 g/mol. The zero-order valence-corrected chi connectivity index (χ0v) is 14.6. The predicted octanol–water partition coefficient (Wildman–Crippen LogP) is 2.27. The molecule has 22 heavy (non-hydrogen) atoms. The molecule has 0 aromatic heterocycles. The Kier molecular flexibility index (Phi) is 4.59. The van der Waals surface area contributed by atoms with Gasteiger partial charge in [0.2, 0.25) is 5.91 Å². The van der Waals surface area contributed by atoms with Gasteiger partial charge in [-0.05, 0) is 37.1 Å². The Labute approximate surface area is 139 Å². The molecule has 120 valence electrons. The third-order valence-electron chi connectivity index (χ3n) is 4.17. The van der Waals surface area contributed by atoms with E-state index in [4.69, 9.17) is 9.47 Å². The van der Waals surface area contributed by atoms with Crippen molar-refractivity contribution in [3.63, 3.8) is 0 Å². The number of benzene rings is 1. The van der Waals surface area contributed by atoms with E-state index in [1.165, 1.54) is 0 Å². The lowest BCUT2D eigenvalue weighted by molar-refractivity contribution is -0.133. The van der Waals surface area contributed by atoms with Crippen LogP contribution in [-0.2, 0) is 11.3 Å². The van der Waals surface area contributed by atoms with Crippen LogP contribution in [-0.4, -0.2) is 55.6 Å². The molecule has 1 atom stereocenters. The zero-order chi connectivity index (χ0) is 15.7. The first-order chi connectivity index (χ1) is 10.6. The van der Waals surface area contributed by atoms with Crippen LogP contribution in [0.3, 0.4) is 0 Å². The molecule has 3 rings (SSSR count). The number of carbonyl (C=O) groups excluding carboxylic acids is 1. The van der Waals surface area contributed by atoms with E-state index in [9.17, 15) is 4.79 Å². The fourth-order valence-corrected chi connectivity index (χ4v) is 3.49. The molecular weight excluding hydrogens is 348 g/mol. The third-order valence-corrected chi connectivity index (χ3v) is 4.91. The molecule has 0 saturated carbocycles. The first kappa shape index (κ1) is 15.6. The number of carbonyl (C=O) groups is 1. The maximum atomic E-state index is 12.3. The molecule has 0 N–H and O–H groups in total. The van der Waals surface area contributed by atoms with Gasteiger partial charge in [-0.2, -0.15) is 0 Å². The summed E-state index contributed by atoms with van der Waals surface area (Å²) in [6.45, 7) is 2.86. The largest absolute Gasteiger partial charge is 0.486 e. The maximum Gasteiger partial charge on any atom is 0.239 e. The lowest BCUT2D eigenvalue weighted by Gasteiger charge is -2.27. The van der Waals surface area contributed by atoms with Crippen molar-refractivity contribution in [2.75, 3.05) is 33.9 Å². The van der Waals surface area contributed by atoms with Crippen LogP contribution in [0.5, 0.6) is 11.5 Å². The highest BCUT2D eigenvalue weighted by Crippen LogP contribution is 2.36. The van der Waals surface area contributed by atoms with Crippen LogP contribution < -0.4 is 9.47 Å². The standard InChI is InChI=1S/C16H21BrN2O3/c1-18(2)16(20)13-4-3-5-19(13)10-11-8-14-15(9-12(11)17)22-7-6-21-14/h8-9,13H,3-7,10H2,1-2H3. The van der Waals surface area contributed by atoms with Crippen molar-refractivity contribution in [3.8, 4) is 11.5 Å². The van der Waals surface area contributed by atoms with Crippen molar-refractivity contribution in [1.82, 2.24) is 9.80 Å². The minimum Gasteiger partial charge on any atom is -0.486 e. The van der Waals surface area contributed by atoms with Gasteiger partial charge < -0.3 is 14.4 Å². The normalized spacial score (nSPS) is 21.0. The molecule has 1 unspecified atom stereocenters. The summed E-state index contributed by atoms with van der Waals surface area (Å²) in [5.41, 5.74) is 1.13. The minimum atomic E-state index is -0.0184. The van der Waals surface area contributed by atoms with Crippen molar-refractivity contribution in [1.29, 1.82) is 0 Å². The fraction of sp³-hybridized carbons (Fsp3) is 0.562. The SMILES string of the molecule is CN(C)C(=O)C1CCCN1Cc1cc2c(cc1Br)OCCO2. The quantitative estimate of drug-likeness (QED) is 0.820. The van der Waals surface area contributed by atoms with Gasteiger partial charge in [0.05, 0.1) is 6.04 Å². The van der Waals surface area contributed by atoms with Crippen LogP contribution in [0.1, 0.15) is 18.4 Å². The number of halogens is 1. The summed E-state index contributed by atoms with van der Waals surface area (Å²) in [6.07, 6.45) is 1.99. The Morgan fingerprint density at radius 3 is 2.68 bits per heavy atom. The number of amides is 1. The average Bonchev–Trinajstić information content (AvgIpc) is 2.95. The van der Waals surface area contributed by atoms with Gasteiger partial charge in [-0.15, -0.1) is 0 Å². The van der Waals surface area contributed by atoms with Gasteiger partial charge in [-0.25, -0.2) is 0 Å². The number of hydrogen-bond acceptors (Lipinski definition) is 4. The topological polar surface area (TPSA) is 42.0 Å². The van der Waals surface area contributed by atoms with E-state index in [0.29, 0.717) is 13.2 Å². The maximum absolute atomic E-state index is 12.3. The number of likely N-dealkylation sites (N-methyl/N-ethyl adjacent to an activating group) is 1. The summed E-state index contributed by atoms with van der Waals surface area (Å²) < 4.78 is 12.2. The van der Waals surface area contributed by atoms with Gasteiger partial charge in [0.15, 0.2) is 11.5 Å². The van der Waals surface area contributed by atoms with Crippen molar-refractivity contribution in [2.24, 2.45) is 0 Å². The lowest BCUT2D eigenvalue weighted by Crippen LogP contribution is -2.42. The van der Waals surface area contributed by atoms with Gasteiger partial charge in [0, 0.05) is 25.1 Å². The first-order valence-electron chi connectivity index (χ1n) is 7.59. The molecule has 2 aliphatic heterocycles. The summed E-state index contributed by atoms with van der Waals surface area (Å²) in [5.74, 6) is 1.76. The molecule has 2 aliphatic rings. The second-order valence-electron chi connectivity index (χ2n) is 5.95. The number of hydrogen-bond donors (Lipinski definition) is 0. The predicted molar refractivity (Wildman–Crippen MR) is 87.3 cm³/mol. The van der Waals surface area contributed by atoms with E-state index >= 15 is 0 Å². The smallest absolute Gasteiger partial charge is 0.239 e. The van der Waals surface area contributed by atoms with E-state index in [2.05, 4.69) is 20.8 Å². The van der Waals surface area contributed by atoms with Crippen molar-refractivity contribution in [3.05, 3.63) is 22.2 Å². The zero-order valence-electron chi connectivity index (χ0n) is 13.0. The fourth-order valence-electron chi connectivity index (χ4n) is 3.04. The van der Waals surface area contributed by atoms with Gasteiger partial charge >= 0.3 is 0 Å². The van der Waals surface area contributed by atoms with Crippen molar-refractivity contribution < 1.29 is 14.3 Å². The molecule has 1 amide bonds. The van der Waals surface area contributed by atoms with E-state index in [1.807, 2.05) is 26.2 Å². The number of likely N-dealkylation sites (tertiary alicyclic amines) is 1. The van der Waals surface area contributed by atoms with E-state index in [1.54, 1.807) is 4.90 Å². The molecule has 1 fully saturated rings. The monoisotopic (exact) mass is 368 g/mol. The second-order valence-corrected chi connectivity index (χ2v) is 6.80. The van der Waals surface area contributed by atoms with Gasteiger partial charge in [0.1, 0.15) is 13.2 Å². The molecule has 0 radical (unpaired) electrons. The lowest BCUT2D eigenvalue weighted by atomic mass is 10.1. The molecule has 0 spiro atoms. The Balaban J connectivity index is 1.79. The molecule has 5 nitrogen and oxygen atoms in total. The molecule has 1 aromatic rings. The number of nitrogens with zero attached hydrogens (tertiary/aromatic N) is 2. The van der Waals surface area contributed by atoms with Crippen LogP contribution in [0.25, 0.3) is 0 Å². The highest BCUT2D eigenvalue weighted by atomic mass is 79.9. The molecule has 1 aromatic carbocycles. The summed E-state index contributed by atoms with van der Waals surface area (Å²) >= 11 is 3.61. The molecule has 0 aliphatic carbocycles. The Morgan fingerprint density at radius 2 is 2.00 bits per heavy atom. The summed E-state index contributed by atoms with van der Waals surface area (Å²) in [5, 5.41) is 0. The number of rotatable bonds is 3. The Bertz CT molecular complexity index is 577. The molecule has 6 heteroatoms. The van der Waals surface area contributed by atoms with Gasteiger partial charge in [-0.3, -0.25) is 9.69 Å². The van der Waals surface area contributed by atoms with Crippen LogP contribution in [0, 0.1) is 0 Å². The van der Waals surface area contributed by atoms with Crippen molar-refractivity contribution in [2.45, 2.75) is 25.4 Å². The van der Waals surface area contributed by atoms with Crippen LogP contribution in [0.2, 0.25) is 0 Å². The van der Waals surface area contributed by atoms with E-state index < -0.39 is 0 Å². The molecule has 0 bridgehead atoms. The molecule has 1 saturated heterocycles. The highest BCUT2D eigenvalue weighted by Gasteiger charge is 2.32. The highest BCUT2D eigenvalue weighted by molar-refractivity contribution is 9.10. The van der Waals surface area contributed by atoms with Crippen LogP contribution >= 0.6 is 15.9 Å². The van der Waals surface area contributed by atoms with Crippen LogP contribution in [0.4, 0.5) is 0 Å². The molecular formula is C16H21BrN2O3. The number of fused-ring (bicyclic) bond motifs is 1. The third kappa shape index (κ3) is 3.08. The summed E-state index contributed by atoms with van der Waals surface area (Å²) in [6, 6.07) is 3.96. The number of ether oxygens (including phenoxy) is 2. The molecule has 2 heterocycles. The minimum absolute atomic E-state index is 0.0184. The van der Waals surface area contributed by atoms with Crippen LogP contribution in [0.15, 0.2) is 16.6 Å². The van der Waals surface area contributed by atoms with Crippen molar-refractivity contribution >= 4 is 21.8 Å². The first-order valence-corrected chi connectivity index (χ1v) is 8.39. The van der Waals surface area contributed by atoms with Gasteiger partial charge in [-0.1, -0.05) is 15.9 Å². The Hall–Kier alpha value is -1.27. The van der Waals surface area contributed by atoms with E-state index in [-0.39, 0.29) is 11.9 Å². The second kappa shape index (κ2) is 6.46. The van der Waals surface area contributed by atoms with Gasteiger partial charge in [0.25, 0.3) is 0 Å².